The third-order valence-corrected chi connectivity index (χ3v) is 7.34. The second kappa shape index (κ2) is 11.6. The highest BCUT2D eigenvalue weighted by Gasteiger charge is 2.22. The molecule has 1 aromatic heterocycles. The van der Waals surface area contributed by atoms with Crippen LogP contribution in [0.2, 0.25) is 0 Å². The number of anilines is 1. The van der Waals surface area contributed by atoms with E-state index in [1.807, 2.05) is 37.3 Å². The highest BCUT2D eigenvalue weighted by molar-refractivity contribution is 6.04. The van der Waals surface area contributed by atoms with Crippen LogP contribution in [0.4, 0.5) is 5.69 Å². The van der Waals surface area contributed by atoms with Crippen LogP contribution >= 0.6 is 0 Å². The van der Waals surface area contributed by atoms with Crippen molar-refractivity contribution >= 4 is 29.5 Å². The van der Waals surface area contributed by atoms with Gasteiger partial charge in [-0.1, -0.05) is 48.5 Å². The van der Waals surface area contributed by atoms with E-state index in [0.29, 0.717) is 23.5 Å². The van der Waals surface area contributed by atoms with Gasteiger partial charge < -0.3 is 19.9 Å². The molecule has 7 nitrogen and oxygen atoms in total. The summed E-state index contributed by atoms with van der Waals surface area (Å²) in [4.78, 5) is 28.3. The van der Waals surface area contributed by atoms with Gasteiger partial charge in [-0.3, -0.25) is 14.6 Å². The van der Waals surface area contributed by atoms with Crippen molar-refractivity contribution in [1.82, 2.24) is 4.98 Å². The molecular formula is C33H30N2O5. The summed E-state index contributed by atoms with van der Waals surface area (Å²) in [5.74, 6) is 0.584. The number of hydrogen-bond acceptors (Lipinski definition) is 6. The minimum atomic E-state index is -0.387. The van der Waals surface area contributed by atoms with E-state index in [0.717, 1.165) is 40.7 Å². The number of carbonyl (C=O) groups is 2. The molecule has 0 spiro atoms. The summed E-state index contributed by atoms with van der Waals surface area (Å²) in [6.45, 7) is 1.93. The summed E-state index contributed by atoms with van der Waals surface area (Å²) >= 11 is 0. The number of allylic oxidation sites excluding steroid dienone is 1. The summed E-state index contributed by atoms with van der Waals surface area (Å²) in [5, 5.41) is 12.5. The number of aldehydes is 1. The number of carbonyl (C=O) groups excluding carboxylic acids is 2. The first-order valence-electron chi connectivity index (χ1n) is 13.0. The summed E-state index contributed by atoms with van der Waals surface area (Å²) in [7, 11) is 3.05. The summed E-state index contributed by atoms with van der Waals surface area (Å²) in [6, 6.07) is 19.5. The number of nitrogens with zero attached hydrogens (tertiary/aromatic N) is 1. The van der Waals surface area contributed by atoms with Crippen LogP contribution in [-0.4, -0.2) is 36.5 Å². The van der Waals surface area contributed by atoms with E-state index in [1.54, 1.807) is 7.11 Å². The third-order valence-electron chi connectivity index (χ3n) is 7.34. The monoisotopic (exact) mass is 534 g/mol. The number of methoxy groups -OCH3 is 2. The molecule has 7 heteroatoms. The molecule has 0 atom stereocenters. The Bertz CT molecular complexity index is 1640. The van der Waals surface area contributed by atoms with Crippen molar-refractivity contribution in [2.24, 2.45) is 0 Å². The summed E-state index contributed by atoms with van der Waals surface area (Å²) < 4.78 is 10.7. The molecule has 0 bridgehead atoms. The number of amides is 1. The molecule has 0 radical (unpaired) electrons. The molecule has 0 unspecified atom stereocenters. The lowest BCUT2D eigenvalue weighted by Crippen LogP contribution is -2.15. The average molecular weight is 535 g/mol. The topological polar surface area (TPSA) is 97.8 Å². The van der Waals surface area contributed by atoms with Gasteiger partial charge in [0.25, 0.3) is 5.91 Å². The largest absolute Gasteiger partial charge is 0.496 e. The van der Waals surface area contributed by atoms with Crippen LogP contribution in [-0.2, 0) is 13.0 Å². The van der Waals surface area contributed by atoms with Crippen molar-refractivity contribution in [3.63, 3.8) is 0 Å². The van der Waals surface area contributed by atoms with Crippen molar-refractivity contribution in [2.45, 2.75) is 26.4 Å². The molecule has 1 aliphatic rings. The van der Waals surface area contributed by atoms with Crippen LogP contribution in [0.5, 0.6) is 11.5 Å². The van der Waals surface area contributed by atoms with Gasteiger partial charge in [0.15, 0.2) is 6.29 Å². The van der Waals surface area contributed by atoms with E-state index in [-0.39, 0.29) is 23.8 Å². The van der Waals surface area contributed by atoms with Crippen LogP contribution in [0.1, 0.15) is 55.1 Å². The van der Waals surface area contributed by atoms with E-state index in [4.69, 9.17) is 9.47 Å². The first kappa shape index (κ1) is 26.8. The normalized spacial score (nSPS) is 13.2. The number of benzene rings is 3. The smallest absolute Gasteiger partial charge is 0.274 e. The fourth-order valence-electron chi connectivity index (χ4n) is 5.22. The van der Waals surface area contributed by atoms with Gasteiger partial charge in [0.1, 0.15) is 17.2 Å². The fourth-order valence-corrected chi connectivity index (χ4v) is 5.22. The fraction of sp³-hybridized carbons (Fsp3) is 0.182. The standard InChI is InChI=1S/C33H30N2O5/c1-20-25(6-5-9-29(20)35-33(38)30-16-32(40-3)24(19-37)17-34-30)27-8-4-7-26-22(12-13-28(26)27)14-21-10-11-23(18-36)31(15-21)39-2/h4-11,14-17,19,36H,12-13,18H2,1-3H3,(H,35,38). The Morgan fingerprint density at radius 3 is 2.48 bits per heavy atom. The highest BCUT2D eigenvalue weighted by Crippen LogP contribution is 2.41. The molecule has 1 amide bonds. The van der Waals surface area contributed by atoms with Crippen LogP contribution in [0.3, 0.4) is 0 Å². The zero-order valence-electron chi connectivity index (χ0n) is 22.7. The van der Waals surface area contributed by atoms with Crippen LogP contribution in [0.15, 0.2) is 66.9 Å². The molecule has 0 fully saturated rings. The summed E-state index contributed by atoms with van der Waals surface area (Å²) in [6.07, 6.45) is 5.98. The van der Waals surface area contributed by atoms with E-state index in [1.165, 1.54) is 36.1 Å². The zero-order chi connectivity index (χ0) is 28.2. The van der Waals surface area contributed by atoms with Gasteiger partial charge >= 0.3 is 0 Å². The number of aromatic nitrogens is 1. The van der Waals surface area contributed by atoms with Crippen molar-refractivity contribution in [3.8, 4) is 22.6 Å². The minimum Gasteiger partial charge on any atom is -0.496 e. The Hall–Kier alpha value is -4.75. The van der Waals surface area contributed by atoms with Crippen LogP contribution < -0.4 is 14.8 Å². The number of fused-ring (bicyclic) bond motifs is 1. The number of rotatable bonds is 8. The van der Waals surface area contributed by atoms with E-state index < -0.39 is 0 Å². The maximum Gasteiger partial charge on any atom is 0.274 e. The van der Waals surface area contributed by atoms with Crippen LogP contribution in [0, 0.1) is 6.92 Å². The number of hydrogen-bond donors (Lipinski definition) is 2. The lowest BCUT2D eigenvalue weighted by atomic mass is 9.92. The lowest BCUT2D eigenvalue weighted by Gasteiger charge is -2.15. The van der Waals surface area contributed by atoms with Crippen molar-refractivity contribution in [3.05, 3.63) is 106 Å². The Labute approximate surface area is 233 Å². The van der Waals surface area contributed by atoms with Gasteiger partial charge in [-0.25, -0.2) is 0 Å². The quantitative estimate of drug-likeness (QED) is 0.265. The molecule has 4 aromatic rings. The van der Waals surface area contributed by atoms with Gasteiger partial charge in [-0.05, 0) is 70.9 Å². The Morgan fingerprint density at radius 2 is 1.73 bits per heavy atom. The molecule has 0 saturated carbocycles. The van der Waals surface area contributed by atoms with E-state index >= 15 is 0 Å². The molecule has 202 valence electrons. The van der Waals surface area contributed by atoms with Gasteiger partial charge in [0, 0.05) is 23.5 Å². The number of nitrogens with one attached hydrogen (secondary N) is 1. The molecule has 3 aromatic carbocycles. The minimum absolute atomic E-state index is 0.0672. The van der Waals surface area contributed by atoms with Crippen molar-refractivity contribution < 1.29 is 24.2 Å². The van der Waals surface area contributed by atoms with Gasteiger partial charge in [0.2, 0.25) is 0 Å². The van der Waals surface area contributed by atoms with Gasteiger partial charge in [-0.15, -0.1) is 0 Å². The van der Waals surface area contributed by atoms with Crippen molar-refractivity contribution in [2.75, 3.05) is 19.5 Å². The summed E-state index contributed by atoms with van der Waals surface area (Å²) in [5.41, 5.74) is 9.77. The molecular weight excluding hydrogens is 504 g/mol. The molecule has 0 saturated heterocycles. The van der Waals surface area contributed by atoms with E-state index in [2.05, 4.69) is 40.6 Å². The number of aliphatic hydroxyl groups is 1. The number of pyridine rings is 1. The predicted molar refractivity (Wildman–Crippen MR) is 156 cm³/mol. The molecule has 1 heterocycles. The highest BCUT2D eigenvalue weighted by atomic mass is 16.5. The number of aliphatic hydroxyl groups excluding tert-OH is 1. The average Bonchev–Trinajstić information content (AvgIpc) is 3.40. The Morgan fingerprint density at radius 1 is 0.975 bits per heavy atom. The van der Waals surface area contributed by atoms with Gasteiger partial charge in [-0.2, -0.15) is 0 Å². The Balaban J connectivity index is 1.45. The zero-order valence-corrected chi connectivity index (χ0v) is 22.7. The second-order valence-electron chi connectivity index (χ2n) is 9.59. The van der Waals surface area contributed by atoms with Gasteiger partial charge in [0.05, 0.1) is 26.4 Å². The maximum absolute atomic E-state index is 13.0. The molecule has 1 aliphatic carbocycles. The molecule has 40 heavy (non-hydrogen) atoms. The van der Waals surface area contributed by atoms with E-state index in [9.17, 15) is 14.7 Å². The first-order valence-corrected chi connectivity index (χ1v) is 13.0. The SMILES string of the molecule is COc1cc(C(=O)Nc2cccc(-c3cccc4c3CCC4=Cc3ccc(CO)c(OC)c3)c2C)ncc1C=O. The molecule has 5 rings (SSSR count). The number of ether oxygens (including phenoxy) is 2. The molecule has 2 N–H and O–H groups in total. The van der Waals surface area contributed by atoms with Crippen molar-refractivity contribution in [1.29, 1.82) is 0 Å². The second-order valence-corrected chi connectivity index (χ2v) is 9.59. The maximum atomic E-state index is 13.0. The molecule has 0 aliphatic heterocycles. The Kier molecular flexibility index (Phi) is 7.75. The van der Waals surface area contributed by atoms with Crippen LogP contribution in [0.25, 0.3) is 22.8 Å². The lowest BCUT2D eigenvalue weighted by molar-refractivity contribution is 0.102. The first-order chi connectivity index (χ1) is 19.5. The third kappa shape index (κ3) is 5.11. The predicted octanol–water partition coefficient (Wildman–Crippen LogP) is 6.12.